The van der Waals surface area contributed by atoms with E-state index in [1.54, 1.807) is 147 Å². The Kier molecular flexibility index (Phi) is 29.8. The van der Waals surface area contributed by atoms with Gasteiger partial charge in [-0.15, -0.1) is 51.0 Å². The third-order valence-electron chi connectivity index (χ3n) is 26.7. The molecule has 0 spiro atoms. The number of amides is 5. The van der Waals surface area contributed by atoms with Crippen molar-refractivity contribution in [1.82, 2.24) is 97.5 Å². The first kappa shape index (κ1) is 102. The van der Waals surface area contributed by atoms with E-state index in [4.69, 9.17) is 0 Å². The molecule has 42 heteroatoms. The standard InChI is InChI=1S/2C21H19F3N4O2.3C20H19F3N4O/c1-13(29)15-8-11-28-18(12-15)25-26-19(28)20(30)27-9-6-14(7-10-27)16-4-2-3-5-17(16)21(22,23)24;1-13(29)15-6-7-18-25-26-19(28(18)12-15)20(30)27-10-8-14(9-11-27)16-4-2-3-5-17(16)21(22,23)24;1-13-6-11-27-17(12-13)24-25-18(27)19(28)26-9-7-14(8-10-26)15-4-2-3-5-16(15)20(21,22)23;2*1-13-6-7-17-24-25-18(27(17)12-13)19(28)26-10-8-14(9-11-26)15-4-2-3-5-16(15)20(21,22)23/h2-5,8,11-12,14H,6-7,9-10H2,1H3;2-7,12,14H,8-11H2,1H3;2-6,11-12,14H,7-10H2,1H3;2*2-7,12,14H,8-11H2,1H3. The average molecular weight is 2000 g/mol. The van der Waals surface area contributed by atoms with Gasteiger partial charge in [0.15, 0.2) is 39.8 Å². The highest BCUT2D eigenvalue weighted by atomic mass is 19.4. The Morgan fingerprint density at radius 1 is 0.243 bits per heavy atom. The molecule has 0 atom stereocenters. The Bertz CT molecular complexity index is 7100. The SMILES string of the molecule is CC(=O)c1ccc2nnc(C(=O)N3CCC(c4ccccc4C(F)(F)F)CC3)n2c1.CC(=O)c1ccn2c(C(=O)N3CCC(c4ccccc4C(F)(F)F)CC3)nnc2c1.Cc1ccc2nnc(C(=O)N3CCC(c4ccccc4C(F)(F)F)CC3)n2c1.Cc1ccc2nnc(C(=O)N3CCC(c4ccccc4C(F)(F)F)CC3)n2c1.Cc1ccn2c(C(=O)N3CCC(c4ccccc4C(F)(F)F)CC3)nnc2c1. The zero-order chi connectivity index (χ0) is 103. The second-order valence-corrected chi connectivity index (χ2v) is 36.1. The van der Waals surface area contributed by atoms with Crippen molar-refractivity contribution in [2.45, 2.75) is 159 Å². The fourth-order valence-corrected chi connectivity index (χ4v) is 19.2. The van der Waals surface area contributed by atoms with Gasteiger partial charge in [0.2, 0.25) is 29.1 Å². The number of fused-ring (bicyclic) bond motifs is 5. The fourth-order valence-electron chi connectivity index (χ4n) is 19.2. The van der Waals surface area contributed by atoms with E-state index in [0.717, 1.165) is 47.0 Å². The van der Waals surface area contributed by atoms with Crippen molar-refractivity contribution in [3.05, 3.63) is 326 Å². The van der Waals surface area contributed by atoms with Crippen molar-refractivity contribution in [2.24, 2.45) is 0 Å². The van der Waals surface area contributed by atoms with Crippen molar-refractivity contribution in [2.75, 3.05) is 65.4 Å². The number of halogens is 15. The lowest BCUT2D eigenvalue weighted by atomic mass is 9.86. The molecule has 20 rings (SSSR count). The number of alkyl halides is 15. The minimum Gasteiger partial charge on any atom is -0.336 e. The lowest BCUT2D eigenvalue weighted by molar-refractivity contribution is -0.139. The fraction of sp³-hybridized carbons (Fsp3) is 0.343. The predicted molar refractivity (Wildman–Crippen MR) is 496 cm³/mol. The Morgan fingerprint density at radius 2 is 0.472 bits per heavy atom. The summed E-state index contributed by atoms with van der Waals surface area (Å²) in [5.74, 6) is -2.01. The summed E-state index contributed by atoms with van der Waals surface area (Å²) in [6, 6.07) is 45.8. The van der Waals surface area contributed by atoms with E-state index in [-0.39, 0.29) is 111 Å². The largest absolute Gasteiger partial charge is 0.416 e. The summed E-state index contributed by atoms with van der Waals surface area (Å²) in [4.78, 5) is 95.7. The van der Waals surface area contributed by atoms with E-state index in [9.17, 15) is 99.4 Å². The van der Waals surface area contributed by atoms with Crippen molar-refractivity contribution in [3.8, 4) is 0 Å². The number of carbonyl (C=O) groups excluding carboxylic acids is 7. The quantitative estimate of drug-likeness (QED) is 0.0811. The van der Waals surface area contributed by atoms with Crippen LogP contribution in [0.15, 0.2) is 213 Å². The highest BCUT2D eigenvalue weighted by Crippen LogP contribution is 2.46. The molecular weight excluding hydrogens is 1900 g/mol. The number of carbonyl (C=O) groups is 7. The summed E-state index contributed by atoms with van der Waals surface area (Å²) < 4.78 is 207. The molecule has 144 heavy (non-hydrogen) atoms. The summed E-state index contributed by atoms with van der Waals surface area (Å²) >= 11 is 0. The van der Waals surface area contributed by atoms with Gasteiger partial charge in [0, 0.05) is 108 Å². The number of rotatable bonds is 12. The van der Waals surface area contributed by atoms with Crippen LogP contribution in [0.1, 0.15) is 254 Å². The van der Waals surface area contributed by atoms with Crippen LogP contribution in [0.25, 0.3) is 28.2 Å². The molecule has 0 N–H and O–H groups in total. The monoisotopic (exact) mass is 2000 g/mol. The molecule has 0 unspecified atom stereocenters. The van der Waals surface area contributed by atoms with Crippen LogP contribution < -0.4 is 0 Å². The summed E-state index contributed by atoms with van der Waals surface area (Å²) in [7, 11) is 0. The smallest absolute Gasteiger partial charge is 0.336 e. The Labute approximate surface area is 812 Å². The first-order valence-electron chi connectivity index (χ1n) is 46.5. The molecule has 5 saturated heterocycles. The molecule has 750 valence electrons. The van der Waals surface area contributed by atoms with E-state index in [1.807, 2.05) is 45.0 Å². The minimum absolute atomic E-state index is 0.0854. The second kappa shape index (κ2) is 42.2. The Balaban J connectivity index is 0.000000129. The molecule has 5 aliphatic heterocycles. The summed E-state index contributed by atoms with van der Waals surface area (Å²) in [5.41, 5.74) is 4.97. The van der Waals surface area contributed by atoms with Crippen LogP contribution in [-0.4, -0.2) is 204 Å². The number of pyridine rings is 5. The summed E-state index contributed by atoms with van der Waals surface area (Å²) in [6.07, 6.45) is -8.86. The van der Waals surface area contributed by atoms with Gasteiger partial charge in [-0.1, -0.05) is 103 Å². The van der Waals surface area contributed by atoms with Crippen LogP contribution in [0, 0.1) is 20.8 Å². The Hall–Kier alpha value is -15.2. The normalized spacial score (nSPS) is 15.8. The lowest BCUT2D eigenvalue weighted by Crippen LogP contribution is -2.39. The molecule has 5 amide bonds. The number of piperidine rings is 5. The van der Waals surface area contributed by atoms with E-state index in [1.165, 1.54) is 71.3 Å². The van der Waals surface area contributed by atoms with Crippen LogP contribution in [-0.2, 0) is 30.9 Å². The molecule has 5 aromatic carbocycles. The first-order valence-corrected chi connectivity index (χ1v) is 46.5. The van der Waals surface area contributed by atoms with Crippen LogP contribution in [0.5, 0.6) is 0 Å². The number of likely N-dealkylation sites (tertiary alicyclic amines) is 5. The van der Waals surface area contributed by atoms with Gasteiger partial charge < -0.3 is 24.5 Å². The van der Waals surface area contributed by atoms with E-state index in [2.05, 4.69) is 51.0 Å². The third-order valence-corrected chi connectivity index (χ3v) is 26.7. The first-order chi connectivity index (χ1) is 68.5. The number of aromatic nitrogens is 15. The van der Waals surface area contributed by atoms with Crippen LogP contribution in [0.4, 0.5) is 65.9 Å². The molecule has 15 aromatic rings. The Morgan fingerprint density at radius 3 is 0.736 bits per heavy atom. The third kappa shape index (κ3) is 22.6. The topological polar surface area (TPSA) is 287 Å². The second-order valence-electron chi connectivity index (χ2n) is 36.1. The van der Waals surface area contributed by atoms with Gasteiger partial charge in [0.25, 0.3) is 29.5 Å². The number of hydrogen-bond acceptors (Lipinski definition) is 17. The minimum atomic E-state index is -4.40. The molecule has 10 aromatic heterocycles. The van der Waals surface area contributed by atoms with E-state index in [0.29, 0.717) is 186 Å². The molecule has 15 heterocycles. The van der Waals surface area contributed by atoms with Gasteiger partial charge in [0.05, 0.1) is 27.8 Å². The van der Waals surface area contributed by atoms with Crippen molar-refractivity contribution < 1.29 is 99.4 Å². The van der Waals surface area contributed by atoms with Crippen LogP contribution >= 0.6 is 0 Å². The number of ketones is 2. The van der Waals surface area contributed by atoms with E-state index < -0.39 is 58.7 Å². The number of aryl methyl sites for hydroxylation is 3. The number of benzene rings is 5. The molecule has 0 radical (unpaired) electrons. The maximum Gasteiger partial charge on any atom is 0.416 e. The lowest BCUT2D eigenvalue weighted by Gasteiger charge is -2.32. The molecule has 0 saturated carbocycles. The maximum atomic E-state index is 13.3. The van der Waals surface area contributed by atoms with Crippen molar-refractivity contribution in [3.63, 3.8) is 0 Å². The van der Waals surface area contributed by atoms with Gasteiger partial charge >= 0.3 is 30.9 Å². The highest BCUT2D eigenvalue weighted by molar-refractivity contribution is 5.97. The molecule has 0 aliphatic carbocycles. The molecule has 5 aliphatic rings. The predicted octanol–water partition coefficient (Wildman–Crippen LogP) is 20.2. The maximum absolute atomic E-state index is 13.3. The van der Waals surface area contributed by atoms with E-state index >= 15 is 0 Å². The van der Waals surface area contributed by atoms with Crippen LogP contribution in [0.3, 0.4) is 0 Å². The van der Waals surface area contributed by atoms with Gasteiger partial charge in [-0.25, -0.2) is 0 Å². The van der Waals surface area contributed by atoms with Crippen molar-refractivity contribution >= 4 is 69.3 Å². The average Bonchev–Trinajstić information content (AvgIpc) is 1.72. The number of hydrogen-bond donors (Lipinski definition) is 0. The summed E-state index contributed by atoms with van der Waals surface area (Å²) in [6.45, 7) is 12.2. The molecule has 27 nitrogen and oxygen atoms in total. The van der Waals surface area contributed by atoms with Crippen LogP contribution in [0.2, 0.25) is 0 Å². The van der Waals surface area contributed by atoms with Crippen molar-refractivity contribution in [1.29, 1.82) is 0 Å². The highest BCUT2D eigenvalue weighted by Gasteiger charge is 2.44. The van der Waals surface area contributed by atoms with Gasteiger partial charge in [-0.3, -0.25) is 55.6 Å². The molecule has 5 fully saturated rings. The van der Waals surface area contributed by atoms with Gasteiger partial charge in [0.1, 0.15) is 0 Å². The summed E-state index contributed by atoms with van der Waals surface area (Å²) in [5, 5.41) is 39.9. The zero-order valence-corrected chi connectivity index (χ0v) is 78.2. The molecule has 0 bridgehead atoms. The van der Waals surface area contributed by atoms with Gasteiger partial charge in [-0.05, 0) is 252 Å². The molecular formula is C102H95F15N20O7. The zero-order valence-electron chi connectivity index (χ0n) is 78.2. The number of nitrogens with zero attached hydrogens (tertiary/aromatic N) is 20. The van der Waals surface area contributed by atoms with Gasteiger partial charge in [-0.2, -0.15) is 65.9 Å². The number of Topliss-reactive ketones (excluding diaryl/α,β-unsaturated/α-hetero) is 2.